The first-order valence-electron chi connectivity index (χ1n) is 1.21. The molecule has 0 atom stereocenters. The van der Waals surface area contributed by atoms with Crippen LogP contribution in [0.3, 0.4) is 0 Å². The van der Waals surface area contributed by atoms with E-state index in [-0.39, 0.29) is 6.62 Å². The minimum absolute atomic E-state index is 0.192. The van der Waals surface area contributed by atoms with E-state index in [1.165, 1.54) is 0 Å². The van der Waals surface area contributed by atoms with Crippen molar-refractivity contribution in [2.45, 2.75) is 0 Å². The molecule has 0 heterocycles. The van der Waals surface area contributed by atoms with Crippen molar-refractivity contribution in [1.82, 2.24) is 0 Å². The second kappa shape index (κ2) is 5.16. The van der Waals surface area contributed by atoms with Gasteiger partial charge in [-0.15, -0.1) is 87.2 Å². The molecule has 38 valence electrons. The van der Waals surface area contributed by atoms with E-state index in [9.17, 15) is 0 Å². The van der Waals surface area contributed by atoms with Crippen molar-refractivity contribution in [3.8, 4) is 0 Å². The van der Waals surface area contributed by atoms with E-state index >= 15 is 0 Å². The summed E-state index contributed by atoms with van der Waals surface area (Å²) >= 11 is 10.4. The van der Waals surface area contributed by atoms with E-state index in [4.69, 9.17) is 0 Å². The summed E-state index contributed by atoms with van der Waals surface area (Å²) in [5, 5.41) is 0. The lowest BCUT2D eigenvalue weighted by Gasteiger charge is -1.92. The van der Waals surface area contributed by atoms with Gasteiger partial charge in [0.1, 0.15) is 0 Å². The Kier molecular flexibility index (Phi) is 8.05. The van der Waals surface area contributed by atoms with Gasteiger partial charge in [0.15, 0.2) is 6.62 Å². The summed E-state index contributed by atoms with van der Waals surface area (Å²) in [5.74, 6) is 0. The molecule has 0 aromatic carbocycles. The van der Waals surface area contributed by atoms with Crippen LogP contribution in [0.15, 0.2) is 0 Å². The average Bonchev–Trinajstić information content (AvgIpc) is 1.36. The van der Waals surface area contributed by atoms with Gasteiger partial charge in [-0.1, -0.05) is 0 Å². The fraction of sp³-hybridized carbons (Fsp3) is 0. The maximum Gasteiger partial charge on any atom is 0.188 e. The molecular formula is H2I4Si2. The zero-order valence-electron chi connectivity index (χ0n) is 2.67. The molecule has 0 spiro atoms. The summed E-state index contributed by atoms with van der Waals surface area (Å²) in [6.45, 7) is 0. The molecule has 0 aliphatic heterocycles. The number of rotatable bonds is 1. The van der Waals surface area contributed by atoms with Gasteiger partial charge >= 0.3 is 0 Å². The maximum absolute atomic E-state index is 2.60. The third kappa shape index (κ3) is 5.49. The monoisotopic (exact) mass is 566 g/mol. The Morgan fingerprint density at radius 1 is 0.667 bits per heavy atom. The van der Waals surface area contributed by atoms with Gasteiger partial charge in [-0.3, -0.25) is 0 Å². The summed E-state index contributed by atoms with van der Waals surface area (Å²) in [4.78, 5) is 0. The Balaban J connectivity index is 2.99. The van der Waals surface area contributed by atoms with Gasteiger partial charge in [0.25, 0.3) is 0 Å². The predicted octanol–water partition coefficient (Wildman–Crippen LogP) is 2.25. The van der Waals surface area contributed by atoms with Gasteiger partial charge in [-0.25, -0.2) is 0 Å². The molecule has 0 rings (SSSR count). The molecule has 0 unspecified atom stereocenters. The average molecular weight is 566 g/mol. The SMILES string of the molecule is I[SiH](I)[SiH](I)I. The molecule has 0 aliphatic carbocycles. The van der Waals surface area contributed by atoms with Crippen molar-refractivity contribution in [1.29, 1.82) is 0 Å². The molecule has 0 saturated heterocycles. The highest BCUT2D eigenvalue weighted by Crippen LogP contribution is 2.18. The standard InChI is InChI=1S/H2I4Si2/c1-5(2)6(3)4/h5-6H. The number of hydrogen-bond donors (Lipinski definition) is 0. The topological polar surface area (TPSA) is 0 Å². The molecule has 0 saturated carbocycles. The van der Waals surface area contributed by atoms with Crippen LogP contribution in [0, 0.1) is 0 Å². The van der Waals surface area contributed by atoms with Crippen molar-refractivity contribution >= 4 is 93.8 Å². The lowest BCUT2D eigenvalue weighted by molar-refractivity contribution is 4.54. The van der Waals surface area contributed by atoms with E-state index in [0.29, 0.717) is 0 Å². The van der Waals surface area contributed by atoms with E-state index in [1.807, 2.05) is 0 Å². The third-order valence-electron chi connectivity index (χ3n) is 0.190. The largest absolute Gasteiger partial charge is 0.188 e. The molecule has 6 heteroatoms. The molecule has 0 bridgehead atoms. The Morgan fingerprint density at radius 2 is 0.833 bits per heavy atom. The van der Waals surface area contributed by atoms with Crippen molar-refractivity contribution in [3.05, 3.63) is 0 Å². The molecule has 0 nitrogen and oxygen atoms in total. The zero-order valence-corrected chi connectivity index (χ0v) is 13.6. The summed E-state index contributed by atoms with van der Waals surface area (Å²) in [7, 11) is 0. The van der Waals surface area contributed by atoms with Gasteiger partial charge < -0.3 is 0 Å². The first-order valence-corrected chi connectivity index (χ1v) is 20.6. The van der Waals surface area contributed by atoms with E-state index < -0.39 is 0 Å². The first kappa shape index (κ1) is 9.35. The Hall–Kier alpha value is 3.35. The van der Waals surface area contributed by atoms with Gasteiger partial charge in [0.2, 0.25) is 0 Å². The molecule has 0 aromatic rings. The van der Waals surface area contributed by atoms with Crippen LogP contribution in [0.4, 0.5) is 0 Å². The third-order valence-corrected chi connectivity index (χ3v) is 77.1. The molecule has 0 N–H and O–H groups in total. The van der Waals surface area contributed by atoms with Gasteiger partial charge in [-0.2, -0.15) is 0 Å². The molecule has 0 radical (unpaired) electrons. The quantitative estimate of drug-likeness (QED) is 0.260. The van der Waals surface area contributed by atoms with Crippen molar-refractivity contribution in [3.63, 3.8) is 0 Å². The van der Waals surface area contributed by atoms with Crippen LogP contribution < -0.4 is 0 Å². The fourth-order valence-electron chi connectivity index (χ4n) is 0. The normalized spacial score (nSPS) is 11.0. The molecule has 0 fully saturated rings. The predicted molar refractivity (Wildman–Crippen MR) is 70.4 cm³/mol. The van der Waals surface area contributed by atoms with Gasteiger partial charge in [0, 0.05) is 0 Å². The zero-order chi connectivity index (χ0) is 5.15. The van der Waals surface area contributed by atoms with Crippen LogP contribution in [-0.2, 0) is 0 Å². The minimum Gasteiger partial charge on any atom is -0.111 e. The first-order chi connectivity index (χ1) is 2.64. The number of halogens is 4. The van der Waals surface area contributed by atoms with E-state index in [2.05, 4.69) is 87.2 Å². The Labute approximate surface area is 91.5 Å². The van der Waals surface area contributed by atoms with Crippen molar-refractivity contribution < 1.29 is 0 Å². The van der Waals surface area contributed by atoms with Crippen molar-refractivity contribution in [2.24, 2.45) is 0 Å². The summed E-state index contributed by atoms with van der Waals surface area (Å²) in [6.07, 6.45) is 0. The second-order valence-electron chi connectivity index (χ2n) is 0.669. The Morgan fingerprint density at radius 3 is 0.833 bits per heavy atom. The molecule has 0 aromatic heterocycles. The second-order valence-corrected chi connectivity index (χ2v) is 52.7. The summed E-state index contributed by atoms with van der Waals surface area (Å²) in [6, 6.07) is 0. The highest BCUT2D eigenvalue weighted by molar-refractivity contribution is 14.3. The summed E-state index contributed by atoms with van der Waals surface area (Å²) in [5.41, 5.74) is 0. The van der Waals surface area contributed by atoms with Crippen LogP contribution >= 0.6 is 87.2 Å². The molecule has 6 heavy (non-hydrogen) atoms. The minimum atomic E-state index is -0.192. The summed E-state index contributed by atoms with van der Waals surface area (Å²) < 4.78 is -0.383. The number of hydrogen-bond acceptors (Lipinski definition) is 0. The van der Waals surface area contributed by atoms with Gasteiger partial charge in [0.05, 0.1) is 0 Å². The maximum atomic E-state index is 2.60. The lowest BCUT2D eigenvalue weighted by Crippen LogP contribution is -2.06. The van der Waals surface area contributed by atoms with Crippen LogP contribution in [0.1, 0.15) is 0 Å². The molecular weight excluding hydrogens is 564 g/mol. The van der Waals surface area contributed by atoms with E-state index in [1.54, 1.807) is 0 Å². The molecule has 0 aliphatic rings. The highest BCUT2D eigenvalue weighted by Gasteiger charge is 2.10. The highest BCUT2D eigenvalue weighted by atomic mass is 127. The van der Waals surface area contributed by atoms with Crippen molar-refractivity contribution in [2.75, 3.05) is 0 Å². The fourth-order valence-corrected chi connectivity index (χ4v) is 0. The van der Waals surface area contributed by atoms with Gasteiger partial charge in [-0.05, 0) is 0 Å². The van der Waals surface area contributed by atoms with Crippen LogP contribution in [0.25, 0.3) is 0 Å². The van der Waals surface area contributed by atoms with Crippen LogP contribution in [0.5, 0.6) is 0 Å². The van der Waals surface area contributed by atoms with Crippen LogP contribution in [-0.4, -0.2) is 6.62 Å². The van der Waals surface area contributed by atoms with E-state index in [0.717, 1.165) is 0 Å². The molecule has 0 amide bonds. The van der Waals surface area contributed by atoms with Crippen LogP contribution in [0.2, 0.25) is 0 Å². The lowest BCUT2D eigenvalue weighted by atomic mass is 27.1. The Bertz CT molecular complexity index is 26.5. The smallest absolute Gasteiger partial charge is 0.111 e.